The summed E-state index contributed by atoms with van der Waals surface area (Å²) in [6.07, 6.45) is 2.70. The van der Waals surface area contributed by atoms with Gasteiger partial charge in [-0.05, 0) is 75.1 Å². The standard InChI is InChI=1S/C28H26F2N4O2/c1-16-9-12-22(15-23(16)25-17(2)6-5-13-31-25)34-27(36)24(18(3)33-34)26(35)32-21-8-4-7-20(14-21)28(29,30)19-10-11-19/h4-9,12-15,19,24H,10-11H2,1-3H3,(H,32,35). The van der Waals surface area contributed by atoms with Gasteiger partial charge in [0.1, 0.15) is 0 Å². The van der Waals surface area contributed by atoms with Crippen molar-refractivity contribution in [1.82, 2.24) is 4.98 Å². The molecule has 1 aliphatic heterocycles. The second-order valence-corrected chi connectivity index (χ2v) is 9.46. The molecule has 1 N–H and O–H groups in total. The number of anilines is 2. The third-order valence-corrected chi connectivity index (χ3v) is 6.73. The second kappa shape index (κ2) is 8.93. The fourth-order valence-corrected chi connectivity index (χ4v) is 4.52. The number of aromatic nitrogens is 1. The minimum absolute atomic E-state index is 0.135. The number of hydrazone groups is 1. The number of nitrogens with zero attached hydrogens (tertiary/aromatic N) is 3. The summed E-state index contributed by atoms with van der Waals surface area (Å²) in [4.78, 5) is 30.8. The lowest BCUT2D eigenvalue weighted by molar-refractivity contribution is -0.127. The van der Waals surface area contributed by atoms with E-state index in [1.807, 2.05) is 38.1 Å². The van der Waals surface area contributed by atoms with E-state index in [1.54, 1.807) is 19.2 Å². The number of pyridine rings is 1. The number of amides is 2. The summed E-state index contributed by atoms with van der Waals surface area (Å²) < 4.78 is 29.1. The van der Waals surface area contributed by atoms with Crippen molar-refractivity contribution < 1.29 is 18.4 Å². The largest absolute Gasteiger partial charge is 0.325 e. The fraction of sp³-hybridized carbons (Fsp3) is 0.286. The number of rotatable bonds is 6. The van der Waals surface area contributed by atoms with Crippen molar-refractivity contribution in [2.24, 2.45) is 16.9 Å². The zero-order valence-corrected chi connectivity index (χ0v) is 20.3. The summed E-state index contributed by atoms with van der Waals surface area (Å²) in [5.74, 6) is -5.86. The highest BCUT2D eigenvalue weighted by atomic mass is 19.3. The number of benzene rings is 2. The molecule has 6 nitrogen and oxygen atoms in total. The molecule has 0 saturated heterocycles. The Balaban J connectivity index is 1.37. The van der Waals surface area contributed by atoms with Crippen LogP contribution in [0.2, 0.25) is 0 Å². The van der Waals surface area contributed by atoms with Crippen molar-refractivity contribution in [3.63, 3.8) is 0 Å². The van der Waals surface area contributed by atoms with Crippen LogP contribution in [0.1, 0.15) is 36.5 Å². The summed E-state index contributed by atoms with van der Waals surface area (Å²) in [6.45, 7) is 5.54. The van der Waals surface area contributed by atoms with E-state index in [-0.39, 0.29) is 11.3 Å². The molecule has 5 rings (SSSR count). The Bertz CT molecular complexity index is 1400. The number of aryl methyl sites for hydroxylation is 2. The molecule has 0 radical (unpaired) electrons. The van der Waals surface area contributed by atoms with Crippen LogP contribution in [0.5, 0.6) is 0 Å². The lowest BCUT2D eigenvalue weighted by atomic mass is 10.00. The van der Waals surface area contributed by atoms with Gasteiger partial charge in [-0.3, -0.25) is 14.6 Å². The smallest absolute Gasteiger partial charge is 0.276 e. The van der Waals surface area contributed by atoms with Crippen molar-refractivity contribution in [3.05, 3.63) is 77.5 Å². The number of hydrogen-bond donors (Lipinski definition) is 1. The maximum Gasteiger partial charge on any atom is 0.276 e. The molecule has 2 aliphatic rings. The van der Waals surface area contributed by atoms with Gasteiger partial charge in [-0.1, -0.05) is 24.3 Å². The first-order valence-electron chi connectivity index (χ1n) is 11.9. The number of hydrogen-bond acceptors (Lipinski definition) is 4. The molecule has 1 atom stereocenters. The van der Waals surface area contributed by atoms with Gasteiger partial charge in [0.2, 0.25) is 5.91 Å². The van der Waals surface area contributed by atoms with E-state index >= 15 is 0 Å². The van der Waals surface area contributed by atoms with E-state index < -0.39 is 29.6 Å². The molecule has 2 heterocycles. The number of alkyl halides is 2. The summed E-state index contributed by atoms with van der Waals surface area (Å²) in [7, 11) is 0. The van der Waals surface area contributed by atoms with Crippen molar-refractivity contribution in [2.75, 3.05) is 10.3 Å². The first-order chi connectivity index (χ1) is 17.2. The third-order valence-electron chi connectivity index (χ3n) is 6.73. The highest BCUT2D eigenvalue weighted by Crippen LogP contribution is 2.50. The predicted molar refractivity (Wildman–Crippen MR) is 135 cm³/mol. The minimum atomic E-state index is -2.94. The van der Waals surface area contributed by atoms with E-state index in [2.05, 4.69) is 15.4 Å². The van der Waals surface area contributed by atoms with E-state index in [9.17, 15) is 18.4 Å². The number of halogens is 2. The molecule has 3 aromatic rings. The Morgan fingerprint density at radius 3 is 2.53 bits per heavy atom. The van der Waals surface area contributed by atoms with E-state index in [0.29, 0.717) is 24.2 Å². The van der Waals surface area contributed by atoms with E-state index in [0.717, 1.165) is 22.4 Å². The Morgan fingerprint density at radius 1 is 1.03 bits per heavy atom. The van der Waals surface area contributed by atoms with Crippen LogP contribution in [-0.4, -0.2) is 22.5 Å². The van der Waals surface area contributed by atoms with Gasteiger partial charge < -0.3 is 5.32 Å². The lowest BCUT2D eigenvalue weighted by Crippen LogP contribution is -2.36. The number of nitrogens with one attached hydrogen (secondary N) is 1. The molecular formula is C28H26F2N4O2. The van der Waals surface area contributed by atoms with Crippen LogP contribution in [0.3, 0.4) is 0 Å². The topological polar surface area (TPSA) is 74.7 Å². The van der Waals surface area contributed by atoms with Crippen molar-refractivity contribution in [3.8, 4) is 11.3 Å². The molecule has 0 bridgehead atoms. The predicted octanol–water partition coefficient (Wildman–Crippen LogP) is 5.84. The molecule has 1 aromatic heterocycles. The summed E-state index contributed by atoms with van der Waals surface area (Å²) >= 11 is 0. The monoisotopic (exact) mass is 488 g/mol. The Morgan fingerprint density at radius 2 is 1.81 bits per heavy atom. The van der Waals surface area contributed by atoms with Crippen LogP contribution in [0.25, 0.3) is 11.3 Å². The Hall–Kier alpha value is -3.94. The highest BCUT2D eigenvalue weighted by Gasteiger charge is 2.48. The zero-order valence-electron chi connectivity index (χ0n) is 20.3. The van der Waals surface area contributed by atoms with Crippen LogP contribution in [0, 0.1) is 25.7 Å². The molecule has 2 aromatic carbocycles. The third kappa shape index (κ3) is 4.27. The van der Waals surface area contributed by atoms with Crippen molar-refractivity contribution in [1.29, 1.82) is 0 Å². The molecule has 1 saturated carbocycles. The van der Waals surface area contributed by atoms with Gasteiger partial charge in [0.05, 0.1) is 17.1 Å². The fourth-order valence-electron chi connectivity index (χ4n) is 4.52. The molecule has 1 fully saturated rings. The molecule has 1 unspecified atom stereocenters. The molecule has 36 heavy (non-hydrogen) atoms. The quantitative estimate of drug-likeness (QED) is 0.443. The molecule has 2 amide bonds. The van der Waals surface area contributed by atoms with Crippen LogP contribution >= 0.6 is 0 Å². The van der Waals surface area contributed by atoms with Gasteiger partial charge in [-0.2, -0.15) is 10.1 Å². The van der Waals surface area contributed by atoms with Gasteiger partial charge in [-0.15, -0.1) is 0 Å². The minimum Gasteiger partial charge on any atom is -0.325 e. The summed E-state index contributed by atoms with van der Waals surface area (Å²) in [6, 6.07) is 15.0. The molecule has 184 valence electrons. The molecule has 8 heteroatoms. The van der Waals surface area contributed by atoms with Crippen molar-refractivity contribution in [2.45, 2.75) is 39.5 Å². The van der Waals surface area contributed by atoms with E-state index in [4.69, 9.17) is 0 Å². The SMILES string of the molecule is CC1=NN(c2ccc(C)c(-c3ncccc3C)c2)C(=O)C1C(=O)Nc1cccc(C(F)(F)C2CC2)c1. The summed E-state index contributed by atoms with van der Waals surface area (Å²) in [5, 5.41) is 8.21. The number of carbonyl (C=O) groups is 2. The first kappa shape index (κ1) is 23.8. The summed E-state index contributed by atoms with van der Waals surface area (Å²) in [5.41, 5.74) is 4.60. The average Bonchev–Trinajstić information content (AvgIpc) is 3.66. The van der Waals surface area contributed by atoms with Gasteiger partial charge in [-0.25, -0.2) is 8.78 Å². The maximum absolute atomic E-state index is 14.5. The zero-order chi connectivity index (χ0) is 25.6. The van der Waals surface area contributed by atoms with Crippen LogP contribution in [0.15, 0.2) is 65.9 Å². The van der Waals surface area contributed by atoms with Crippen molar-refractivity contribution >= 4 is 28.9 Å². The normalized spacial score (nSPS) is 17.8. The maximum atomic E-state index is 14.5. The molecular weight excluding hydrogens is 462 g/mol. The average molecular weight is 489 g/mol. The van der Waals surface area contributed by atoms with Gasteiger partial charge in [0.15, 0.2) is 5.92 Å². The van der Waals surface area contributed by atoms with E-state index in [1.165, 1.54) is 29.3 Å². The Labute approximate surface area is 208 Å². The molecule has 0 spiro atoms. The van der Waals surface area contributed by atoms with Gasteiger partial charge in [0.25, 0.3) is 11.8 Å². The number of carbonyl (C=O) groups excluding carboxylic acids is 2. The van der Waals surface area contributed by atoms with Gasteiger partial charge in [0, 0.05) is 28.9 Å². The second-order valence-electron chi connectivity index (χ2n) is 9.46. The van der Waals surface area contributed by atoms with Crippen LogP contribution in [-0.2, 0) is 15.5 Å². The Kier molecular flexibility index (Phi) is 5.90. The van der Waals surface area contributed by atoms with Crippen LogP contribution < -0.4 is 10.3 Å². The highest BCUT2D eigenvalue weighted by molar-refractivity contribution is 6.28. The van der Waals surface area contributed by atoms with Crippen LogP contribution in [0.4, 0.5) is 20.2 Å². The molecule has 1 aliphatic carbocycles. The van der Waals surface area contributed by atoms with Gasteiger partial charge >= 0.3 is 0 Å². The lowest BCUT2D eigenvalue weighted by Gasteiger charge is -2.18. The first-order valence-corrected chi connectivity index (χ1v) is 11.9.